The zero-order chi connectivity index (χ0) is 14.7. The zero-order valence-corrected chi connectivity index (χ0v) is 13.6. The summed E-state index contributed by atoms with van der Waals surface area (Å²) in [4.78, 5) is 0. The van der Waals surface area contributed by atoms with Crippen LogP contribution in [0.15, 0.2) is 40.9 Å². The number of hydrogen-bond acceptors (Lipinski definition) is 1. The molecular formula is C16H15BrClFO. The van der Waals surface area contributed by atoms with E-state index in [-0.39, 0.29) is 11.2 Å². The molecule has 20 heavy (non-hydrogen) atoms. The van der Waals surface area contributed by atoms with Gasteiger partial charge in [-0.1, -0.05) is 28.1 Å². The number of rotatable bonds is 4. The van der Waals surface area contributed by atoms with Crippen LogP contribution in [-0.2, 0) is 6.42 Å². The number of halogens is 3. The quantitative estimate of drug-likeness (QED) is 0.663. The first kappa shape index (κ1) is 15.3. The minimum atomic E-state index is -0.274. The fraction of sp³-hybridized carbons (Fsp3) is 0.250. The van der Waals surface area contributed by atoms with Crippen LogP contribution in [0.3, 0.4) is 0 Å². The van der Waals surface area contributed by atoms with Crippen molar-refractivity contribution in [3.05, 3.63) is 63.4 Å². The van der Waals surface area contributed by atoms with Gasteiger partial charge in [0.25, 0.3) is 0 Å². The summed E-state index contributed by atoms with van der Waals surface area (Å²) in [5, 5.41) is -0.274. The second-order valence-electron chi connectivity index (χ2n) is 4.64. The molecule has 0 bridgehead atoms. The summed E-state index contributed by atoms with van der Waals surface area (Å²) in [5.41, 5.74) is 2.85. The Bertz CT molecular complexity index is 615. The van der Waals surface area contributed by atoms with Gasteiger partial charge in [-0.3, -0.25) is 0 Å². The summed E-state index contributed by atoms with van der Waals surface area (Å²) in [6.45, 7) is 1.99. The van der Waals surface area contributed by atoms with Crippen LogP contribution in [0.4, 0.5) is 4.39 Å². The van der Waals surface area contributed by atoms with Crippen molar-refractivity contribution in [3.8, 4) is 5.75 Å². The molecule has 0 saturated carbocycles. The van der Waals surface area contributed by atoms with Crippen LogP contribution in [0, 0.1) is 12.7 Å². The van der Waals surface area contributed by atoms with Crippen molar-refractivity contribution in [1.29, 1.82) is 0 Å². The normalized spacial score (nSPS) is 12.2. The lowest BCUT2D eigenvalue weighted by Crippen LogP contribution is -2.00. The summed E-state index contributed by atoms with van der Waals surface area (Å²) < 4.78 is 19.6. The highest BCUT2D eigenvalue weighted by Gasteiger charge is 2.16. The molecule has 1 atom stereocenters. The van der Waals surface area contributed by atoms with Crippen molar-refractivity contribution in [1.82, 2.24) is 0 Å². The van der Waals surface area contributed by atoms with Crippen LogP contribution in [0.2, 0.25) is 0 Å². The van der Waals surface area contributed by atoms with E-state index >= 15 is 0 Å². The summed E-state index contributed by atoms with van der Waals surface area (Å²) in [5.74, 6) is 0.505. The lowest BCUT2D eigenvalue weighted by molar-refractivity contribution is 0.408. The minimum Gasteiger partial charge on any atom is -0.496 e. The number of hydrogen-bond donors (Lipinski definition) is 0. The maximum atomic E-state index is 13.2. The Morgan fingerprint density at radius 3 is 2.70 bits per heavy atom. The molecule has 0 heterocycles. The van der Waals surface area contributed by atoms with Crippen molar-refractivity contribution in [2.24, 2.45) is 0 Å². The van der Waals surface area contributed by atoms with Crippen LogP contribution < -0.4 is 4.74 Å². The Morgan fingerprint density at radius 2 is 2.05 bits per heavy atom. The second-order valence-corrected chi connectivity index (χ2v) is 6.03. The van der Waals surface area contributed by atoms with Crippen LogP contribution in [0.1, 0.15) is 22.1 Å². The average molecular weight is 358 g/mol. The largest absolute Gasteiger partial charge is 0.496 e. The standard InChI is InChI=1S/C16H15BrClFO/c1-10-6-16(20-2)13(9-14(10)17)15(18)8-11-4-3-5-12(19)7-11/h3-7,9,15H,8H2,1-2H3. The Balaban J connectivity index is 2.29. The predicted octanol–water partition coefficient (Wildman–Crippen LogP) is 5.43. The van der Waals surface area contributed by atoms with E-state index in [2.05, 4.69) is 15.9 Å². The van der Waals surface area contributed by atoms with E-state index in [9.17, 15) is 4.39 Å². The molecule has 1 nitrogen and oxygen atoms in total. The smallest absolute Gasteiger partial charge is 0.123 e. The summed E-state index contributed by atoms with van der Waals surface area (Å²) in [6.07, 6.45) is 0.547. The summed E-state index contributed by atoms with van der Waals surface area (Å²) >= 11 is 9.98. The van der Waals surface area contributed by atoms with Crippen LogP contribution >= 0.6 is 27.5 Å². The van der Waals surface area contributed by atoms with Gasteiger partial charge in [0.2, 0.25) is 0 Å². The predicted molar refractivity (Wildman–Crippen MR) is 84.1 cm³/mol. The zero-order valence-electron chi connectivity index (χ0n) is 11.3. The molecule has 2 aromatic rings. The maximum absolute atomic E-state index is 13.2. The molecule has 0 aliphatic heterocycles. The van der Waals surface area contributed by atoms with Crippen molar-refractivity contribution in [2.45, 2.75) is 18.7 Å². The van der Waals surface area contributed by atoms with Gasteiger partial charge in [0, 0.05) is 10.0 Å². The highest BCUT2D eigenvalue weighted by atomic mass is 79.9. The minimum absolute atomic E-state index is 0.247. The van der Waals surface area contributed by atoms with E-state index in [1.807, 2.05) is 25.1 Å². The van der Waals surface area contributed by atoms with Gasteiger partial charge in [-0.15, -0.1) is 11.6 Å². The van der Waals surface area contributed by atoms with Crippen molar-refractivity contribution in [3.63, 3.8) is 0 Å². The molecule has 0 amide bonds. The van der Waals surface area contributed by atoms with E-state index in [0.717, 1.165) is 26.9 Å². The number of methoxy groups -OCH3 is 1. The molecule has 4 heteroatoms. The average Bonchev–Trinajstić information content (AvgIpc) is 2.41. The van der Waals surface area contributed by atoms with E-state index in [1.165, 1.54) is 12.1 Å². The number of ether oxygens (including phenoxy) is 1. The van der Waals surface area contributed by atoms with Crippen LogP contribution in [0.25, 0.3) is 0 Å². The Labute approximate surface area is 131 Å². The molecule has 1 unspecified atom stereocenters. The fourth-order valence-electron chi connectivity index (χ4n) is 2.07. The van der Waals surface area contributed by atoms with Crippen LogP contribution in [-0.4, -0.2) is 7.11 Å². The van der Waals surface area contributed by atoms with Gasteiger partial charge in [-0.25, -0.2) is 4.39 Å². The Hall–Kier alpha value is -1.06. The van der Waals surface area contributed by atoms with Gasteiger partial charge in [-0.05, 0) is 48.7 Å². The third-order valence-electron chi connectivity index (χ3n) is 3.15. The van der Waals surface area contributed by atoms with E-state index in [4.69, 9.17) is 16.3 Å². The SMILES string of the molecule is COc1cc(C)c(Br)cc1C(Cl)Cc1cccc(F)c1. The third kappa shape index (κ3) is 3.53. The first-order valence-electron chi connectivity index (χ1n) is 6.24. The van der Waals surface area contributed by atoms with E-state index in [0.29, 0.717) is 6.42 Å². The third-order valence-corrected chi connectivity index (χ3v) is 4.40. The molecule has 0 saturated heterocycles. The molecule has 2 aromatic carbocycles. The highest BCUT2D eigenvalue weighted by Crippen LogP contribution is 2.36. The summed E-state index contributed by atoms with van der Waals surface area (Å²) in [6, 6.07) is 10.4. The molecular weight excluding hydrogens is 343 g/mol. The monoisotopic (exact) mass is 356 g/mol. The van der Waals surface area contributed by atoms with Crippen LogP contribution in [0.5, 0.6) is 5.75 Å². The molecule has 0 spiro atoms. The van der Waals surface area contributed by atoms with Gasteiger partial charge in [0.15, 0.2) is 0 Å². The maximum Gasteiger partial charge on any atom is 0.123 e. The van der Waals surface area contributed by atoms with E-state index in [1.54, 1.807) is 13.2 Å². The Kier molecular flexibility index (Phi) is 5.06. The van der Waals surface area contributed by atoms with Crippen molar-refractivity contribution < 1.29 is 9.13 Å². The second kappa shape index (κ2) is 6.59. The van der Waals surface area contributed by atoms with Gasteiger partial charge < -0.3 is 4.74 Å². The molecule has 0 fully saturated rings. The Morgan fingerprint density at radius 1 is 1.30 bits per heavy atom. The van der Waals surface area contributed by atoms with Gasteiger partial charge in [0.1, 0.15) is 11.6 Å². The van der Waals surface area contributed by atoms with Crippen molar-refractivity contribution in [2.75, 3.05) is 7.11 Å². The molecule has 0 aliphatic carbocycles. The van der Waals surface area contributed by atoms with Gasteiger partial charge in [0.05, 0.1) is 12.5 Å². The fourth-order valence-corrected chi connectivity index (χ4v) is 2.78. The molecule has 0 aliphatic rings. The molecule has 106 valence electrons. The lowest BCUT2D eigenvalue weighted by atomic mass is 10.0. The number of benzene rings is 2. The van der Waals surface area contributed by atoms with E-state index < -0.39 is 0 Å². The summed E-state index contributed by atoms with van der Waals surface area (Å²) in [7, 11) is 1.62. The van der Waals surface area contributed by atoms with Crippen molar-refractivity contribution >= 4 is 27.5 Å². The number of alkyl halides is 1. The molecule has 0 radical (unpaired) electrons. The van der Waals surface area contributed by atoms with Gasteiger partial charge in [-0.2, -0.15) is 0 Å². The van der Waals surface area contributed by atoms with Gasteiger partial charge >= 0.3 is 0 Å². The molecule has 0 N–H and O–H groups in total. The first-order valence-corrected chi connectivity index (χ1v) is 7.46. The molecule has 2 rings (SSSR count). The highest BCUT2D eigenvalue weighted by molar-refractivity contribution is 9.10. The topological polar surface area (TPSA) is 9.23 Å². The number of aryl methyl sites for hydroxylation is 1. The lowest BCUT2D eigenvalue weighted by Gasteiger charge is -2.16. The molecule has 0 aromatic heterocycles. The first-order chi connectivity index (χ1) is 9.51.